The predicted molar refractivity (Wildman–Crippen MR) is 150 cm³/mol. The second-order valence-corrected chi connectivity index (χ2v) is 9.72. The number of nitrogens with zero attached hydrogens (tertiary/aromatic N) is 8. The third-order valence-corrected chi connectivity index (χ3v) is 7.07. The minimum absolute atomic E-state index is 0.171. The monoisotopic (exact) mass is 534 g/mol. The zero-order chi connectivity index (χ0) is 27.5. The summed E-state index contributed by atoms with van der Waals surface area (Å²) in [5.41, 5.74) is 10.5. The standard InChI is InChI=1S/C29H27FN10/c30-16-21-5-8-24-29(36-21)40(28(37-24)23-2-1-12-34-27(23)32)22-6-3-19(4-7-22)18-39-14-10-20(11-15-39)35-25-9-13-33-26(17-31)38-25/h1-9,12-13,20H,10-11,14-16,18H2,(H2,32,34)(H,33,35,38). The number of alkyl halides is 1. The first-order valence-corrected chi connectivity index (χ1v) is 13.1. The van der Waals surface area contributed by atoms with Gasteiger partial charge in [-0.2, -0.15) is 5.26 Å². The molecule has 5 heterocycles. The molecule has 40 heavy (non-hydrogen) atoms. The van der Waals surface area contributed by atoms with Gasteiger partial charge < -0.3 is 11.1 Å². The lowest BCUT2D eigenvalue weighted by Crippen LogP contribution is -2.38. The maximum atomic E-state index is 13.5. The summed E-state index contributed by atoms with van der Waals surface area (Å²) in [5.74, 6) is 1.83. The van der Waals surface area contributed by atoms with Gasteiger partial charge in [0.15, 0.2) is 11.5 Å². The lowest BCUT2D eigenvalue weighted by molar-refractivity contribution is 0.211. The number of piperidine rings is 1. The molecule has 0 radical (unpaired) electrons. The van der Waals surface area contributed by atoms with Gasteiger partial charge in [-0.1, -0.05) is 12.1 Å². The van der Waals surface area contributed by atoms with E-state index in [2.05, 4.69) is 42.3 Å². The number of hydrogen-bond acceptors (Lipinski definition) is 9. The van der Waals surface area contributed by atoms with Crippen molar-refractivity contribution in [1.82, 2.24) is 34.4 Å². The Balaban J connectivity index is 1.19. The van der Waals surface area contributed by atoms with Crippen LogP contribution in [0.5, 0.6) is 0 Å². The lowest BCUT2D eigenvalue weighted by atomic mass is 10.0. The zero-order valence-electron chi connectivity index (χ0n) is 21.7. The quantitative estimate of drug-likeness (QED) is 0.314. The molecule has 0 amide bonds. The van der Waals surface area contributed by atoms with Crippen molar-refractivity contribution in [3.05, 3.63) is 84.1 Å². The van der Waals surface area contributed by atoms with Crippen LogP contribution in [-0.2, 0) is 13.2 Å². The van der Waals surface area contributed by atoms with Gasteiger partial charge in [-0.15, -0.1) is 0 Å². The van der Waals surface area contributed by atoms with Crippen LogP contribution >= 0.6 is 0 Å². The first kappa shape index (κ1) is 25.3. The molecule has 0 unspecified atom stereocenters. The van der Waals surface area contributed by atoms with Gasteiger partial charge >= 0.3 is 0 Å². The first-order chi connectivity index (χ1) is 19.6. The zero-order valence-corrected chi connectivity index (χ0v) is 21.7. The third-order valence-electron chi connectivity index (χ3n) is 7.07. The number of rotatable bonds is 7. The summed E-state index contributed by atoms with van der Waals surface area (Å²) in [5, 5.41) is 12.4. The van der Waals surface area contributed by atoms with E-state index in [0.717, 1.165) is 38.2 Å². The highest BCUT2D eigenvalue weighted by atomic mass is 19.1. The number of hydrogen-bond donors (Lipinski definition) is 2. The van der Waals surface area contributed by atoms with E-state index in [1.54, 1.807) is 30.6 Å². The second-order valence-electron chi connectivity index (χ2n) is 9.72. The molecule has 0 bridgehead atoms. The molecule has 1 aliphatic rings. The average molecular weight is 535 g/mol. The summed E-state index contributed by atoms with van der Waals surface area (Å²) in [7, 11) is 0. The predicted octanol–water partition coefficient (Wildman–Crippen LogP) is 4.27. The molecule has 0 saturated carbocycles. The van der Waals surface area contributed by atoms with Crippen molar-refractivity contribution in [2.24, 2.45) is 0 Å². The summed E-state index contributed by atoms with van der Waals surface area (Å²) in [6.07, 6.45) is 5.19. The number of anilines is 2. The molecule has 0 spiro atoms. The van der Waals surface area contributed by atoms with E-state index in [-0.39, 0.29) is 5.82 Å². The van der Waals surface area contributed by atoms with Gasteiger partial charge in [-0.3, -0.25) is 9.47 Å². The molecule has 1 aromatic carbocycles. The smallest absolute Gasteiger partial charge is 0.234 e. The molecular weight excluding hydrogens is 507 g/mol. The Morgan fingerprint density at radius 1 is 0.975 bits per heavy atom. The van der Waals surface area contributed by atoms with Crippen molar-refractivity contribution >= 4 is 22.8 Å². The van der Waals surface area contributed by atoms with Crippen LogP contribution in [-0.4, -0.2) is 53.5 Å². The van der Waals surface area contributed by atoms with Crippen LogP contribution < -0.4 is 11.1 Å². The molecule has 1 saturated heterocycles. The maximum Gasteiger partial charge on any atom is 0.234 e. The number of nitriles is 1. The minimum Gasteiger partial charge on any atom is -0.383 e. The van der Waals surface area contributed by atoms with E-state index in [4.69, 9.17) is 16.0 Å². The number of likely N-dealkylation sites (tertiary alicyclic amines) is 1. The summed E-state index contributed by atoms with van der Waals surface area (Å²) in [4.78, 5) is 24.1. The highest BCUT2D eigenvalue weighted by Gasteiger charge is 2.21. The van der Waals surface area contributed by atoms with E-state index < -0.39 is 6.67 Å². The summed E-state index contributed by atoms with van der Waals surface area (Å²) in [6, 6.07) is 19.5. The topological polar surface area (TPSA) is 134 Å². The fourth-order valence-corrected chi connectivity index (χ4v) is 5.05. The average Bonchev–Trinajstić information content (AvgIpc) is 3.37. The van der Waals surface area contributed by atoms with Crippen LogP contribution in [0.25, 0.3) is 28.2 Å². The number of nitrogens with one attached hydrogen (secondary N) is 1. The molecule has 10 nitrogen and oxygen atoms in total. The molecule has 11 heteroatoms. The Hall–Kier alpha value is -4.95. The largest absolute Gasteiger partial charge is 0.383 e. The molecule has 1 aliphatic heterocycles. The first-order valence-electron chi connectivity index (χ1n) is 13.1. The third kappa shape index (κ3) is 5.17. The molecule has 200 valence electrons. The Kier molecular flexibility index (Phi) is 6.99. The highest BCUT2D eigenvalue weighted by Crippen LogP contribution is 2.30. The van der Waals surface area contributed by atoms with Crippen LogP contribution in [0.2, 0.25) is 0 Å². The van der Waals surface area contributed by atoms with Crippen LogP contribution in [0.4, 0.5) is 16.0 Å². The lowest BCUT2D eigenvalue weighted by Gasteiger charge is -2.32. The second kappa shape index (κ2) is 11.0. The van der Waals surface area contributed by atoms with Crippen molar-refractivity contribution in [1.29, 1.82) is 5.26 Å². The number of nitrogen functional groups attached to an aromatic ring is 1. The van der Waals surface area contributed by atoms with Gasteiger partial charge in [0.2, 0.25) is 5.82 Å². The summed E-state index contributed by atoms with van der Waals surface area (Å²) >= 11 is 0. The number of benzene rings is 1. The van der Waals surface area contributed by atoms with E-state index >= 15 is 0 Å². The van der Waals surface area contributed by atoms with E-state index in [1.807, 2.05) is 34.9 Å². The van der Waals surface area contributed by atoms with Gasteiger partial charge in [0.25, 0.3) is 0 Å². The van der Waals surface area contributed by atoms with Gasteiger partial charge in [0.1, 0.15) is 29.9 Å². The number of imidazole rings is 1. The van der Waals surface area contributed by atoms with E-state index in [0.29, 0.717) is 45.9 Å². The molecule has 0 aliphatic carbocycles. The number of pyridine rings is 2. The minimum atomic E-state index is -0.656. The van der Waals surface area contributed by atoms with E-state index in [1.165, 1.54) is 5.56 Å². The van der Waals surface area contributed by atoms with Crippen LogP contribution in [0.3, 0.4) is 0 Å². The van der Waals surface area contributed by atoms with Gasteiger partial charge in [-0.05, 0) is 60.9 Å². The SMILES string of the molecule is N#Cc1nccc(NC2CCN(Cc3ccc(-n4c(-c5cccnc5N)nc5ccc(CF)nc54)cc3)CC2)n1. The maximum absolute atomic E-state index is 13.5. The molecular formula is C29H27FN10. The molecule has 0 atom stereocenters. The Bertz CT molecular complexity index is 1680. The van der Waals surface area contributed by atoms with Crippen molar-refractivity contribution < 1.29 is 4.39 Å². The fraction of sp³-hybridized carbons (Fsp3) is 0.241. The summed E-state index contributed by atoms with van der Waals surface area (Å²) < 4.78 is 15.4. The van der Waals surface area contributed by atoms with Crippen LogP contribution in [0.1, 0.15) is 29.9 Å². The number of halogens is 1. The van der Waals surface area contributed by atoms with Gasteiger partial charge in [0.05, 0.1) is 11.3 Å². The van der Waals surface area contributed by atoms with Crippen LogP contribution in [0.15, 0.2) is 67.0 Å². The Morgan fingerprint density at radius 2 is 1.80 bits per heavy atom. The Morgan fingerprint density at radius 3 is 2.55 bits per heavy atom. The highest BCUT2D eigenvalue weighted by molar-refractivity contribution is 5.82. The number of nitrogens with two attached hydrogens (primary N) is 1. The van der Waals surface area contributed by atoms with Gasteiger partial charge in [0, 0.05) is 43.8 Å². The number of fused-ring (bicyclic) bond motifs is 1. The molecule has 4 aromatic heterocycles. The van der Waals surface area contributed by atoms with Crippen molar-refractivity contribution in [2.45, 2.75) is 32.1 Å². The molecule has 5 aromatic rings. The fourth-order valence-electron chi connectivity index (χ4n) is 5.05. The normalized spacial score (nSPS) is 14.3. The van der Waals surface area contributed by atoms with Crippen LogP contribution in [0, 0.1) is 11.3 Å². The van der Waals surface area contributed by atoms with Crippen molar-refractivity contribution in [3.8, 4) is 23.1 Å². The van der Waals surface area contributed by atoms with Crippen molar-refractivity contribution in [2.75, 3.05) is 24.1 Å². The number of aromatic nitrogens is 6. The summed E-state index contributed by atoms with van der Waals surface area (Å²) in [6.45, 7) is 2.07. The van der Waals surface area contributed by atoms with Gasteiger partial charge in [-0.25, -0.2) is 29.3 Å². The molecule has 6 rings (SSSR count). The molecule has 3 N–H and O–H groups in total. The molecule has 1 fully saturated rings. The van der Waals surface area contributed by atoms with E-state index in [9.17, 15) is 4.39 Å². The van der Waals surface area contributed by atoms with Crippen molar-refractivity contribution in [3.63, 3.8) is 0 Å². The Labute approximate surface area is 230 Å².